The number of hydrogen-bond acceptors (Lipinski definition) is 6. The van der Waals surface area contributed by atoms with Crippen LogP contribution >= 0.6 is 0 Å². The van der Waals surface area contributed by atoms with Crippen LogP contribution in [0, 0.1) is 11.4 Å². The van der Waals surface area contributed by atoms with Gasteiger partial charge < -0.3 is 19.7 Å². The number of carbonyl (C=O) groups is 3. The molecule has 7 heterocycles. The quantitative estimate of drug-likeness (QED) is 0.361. The van der Waals surface area contributed by atoms with Crippen molar-refractivity contribution in [1.29, 1.82) is 0 Å². The summed E-state index contributed by atoms with van der Waals surface area (Å²) >= 11 is 0. The van der Waals surface area contributed by atoms with E-state index in [1.807, 2.05) is 29.2 Å². The number of rotatable bonds is 3. The number of nitrogens with zero attached hydrogens (tertiary/aromatic N) is 5. The van der Waals surface area contributed by atoms with Crippen LogP contribution < -0.4 is 10.6 Å². The molecule has 3 aromatic heterocycles. The van der Waals surface area contributed by atoms with Crippen LogP contribution in [0.5, 0.6) is 0 Å². The Morgan fingerprint density at radius 1 is 1.05 bits per heavy atom. The molecule has 0 aliphatic carbocycles. The number of aromatic nitrogens is 3. The zero-order valence-electron chi connectivity index (χ0n) is 23.9. The summed E-state index contributed by atoms with van der Waals surface area (Å²) < 4.78 is 19.1. The molecule has 11 heteroatoms. The largest absolute Gasteiger partial charge is 0.341 e. The fourth-order valence-electron chi connectivity index (χ4n) is 7.53. The first-order valence-electron chi connectivity index (χ1n) is 14.9. The number of halogens is 1. The van der Waals surface area contributed by atoms with Crippen LogP contribution in [0.4, 0.5) is 4.39 Å². The Morgan fingerprint density at radius 2 is 1.84 bits per heavy atom. The molecule has 0 radical (unpaired) electrons. The smallest absolute Gasteiger partial charge is 0.261 e. The molecule has 1 spiro atoms. The second-order valence-electron chi connectivity index (χ2n) is 12.5. The molecule has 220 valence electrons. The molecule has 1 aromatic carbocycles. The first-order valence-corrected chi connectivity index (χ1v) is 14.9. The lowest BCUT2D eigenvalue weighted by Gasteiger charge is -2.37. The van der Waals surface area contributed by atoms with E-state index in [9.17, 15) is 14.4 Å². The van der Waals surface area contributed by atoms with E-state index >= 15 is 4.39 Å². The van der Waals surface area contributed by atoms with Crippen molar-refractivity contribution < 1.29 is 18.8 Å². The highest BCUT2D eigenvalue weighted by molar-refractivity contribution is 6.49. The number of piperidine rings is 1. The Kier molecular flexibility index (Phi) is 5.86. The van der Waals surface area contributed by atoms with Crippen molar-refractivity contribution >= 4 is 45.4 Å². The molecule has 4 aliphatic heterocycles. The summed E-state index contributed by atoms with van der Waals surface area (Å²) in [6.45, 7) is 4.10. The predicted octanol–water partition coefficient (Wildman–Crippen LogP) is 2.41. The molecule has 3 amide bonds. The van der Waals surface area contributed by atoms with Gasteiger partial charge in [-0.05, 0) is 68.1 Å². The van der Waals surface area contributed by atoms with Crippen molar-refractivity contribution in [2.45, 2.75) is 38.4 Å². The zero-order chi connectivity index (χ0) is 29.5. The lowest BCUT2D eigenvalue weighted by atomic mass is 9.78. The molecule has 43 heavy (non-hydrogen) atoms. The minimum atomic E-state index is -0.577. The Labute approximate surface area is 247 Å². The maximum absolute atomic E-state index is 15.8. The van der Waals surface area contributed by atoms with Crippen LogP contribution in [0.25, 0.3) is 27.7 Å². The van der Waals surface area contributed by atoms with Crippen LogP contribution in [-0.4, -0.2) is 80.7 Å². The van der Waals surface area contributed by atoms with Crippen molar-refractivity contribution in [3.63, 3.8) is 0 Å². The Morgan fingerprint density at radius 3 is 2.67 bits per heavy atom. The van der Waals surface area contributed by atoms with Gasteiger partial charge in [-0.3, -0.25) is 24.1 Å². The molecule has 1 unspecified atom stereocenters. The average Bonchev–Trinajstić information content (AvgIpc) is 3.73. The van der Waals surface area contributed by atoms with E-state index in [-0.39, 0.29) is 29.0 Å². The second kappa shape index (κ2) is 9.58. The highest BCUT2D eigenvalue weighted by Gasteiger charge is 2.43. The van der Waals surface area contributed by atoms with E-state index in [0.29, 0.717) is 34.4 Å². The molecule has 8 rings (SSSR count). The molecule has 0 saturated carbocycles. The number of likely N-dealkylation sites (tertiary alicyclic amines) is 2. The molecule has 2 saturated heterocycles. The number of hydrogen-bond donors (Lipinski definition) is 2. The number of pyridine rings is 1. The monoisotopic (exact) mass is 581 g/mol. The highest BCUT2D eigenvalue weighted by atomic mass is 19.1. The summed E-state index contributed by atoms with van der Waals surface area (Å²) in [5.41, 5.74) is 3.61. The van der Waals surface area contributed by atoms with E-state index in [1.54, 1.807) is 27.4 Å². The molecule has 0 bridgehead atoms. The van der Waals surface area contributed by atoms with Crippen molar-refractivity contribution in [1.82, 2.24) is 34.4 Å². The van der Waals surface area contributed by atoms with E-state index in [4.69, 9.17) is 0 Å². The number of amides is 3. The van der Waals surface area contributed by atoms with Crippen LogP contribution in [0.1, 0.15) is 36.1 Å². The number of imidazole rings is 1. The van der Waals surface area contributed by atoms with Gasteiger partial charge in [-0.1, -0.05) is 18.2 Å². The third-order valence-electron chi connectivity index (χ3n) is 9.97. The standard InChI is InChI=1S/C32H32FN7O3/c1-37-11-7-32(8-12-37)9-13-38(18-32)31(43)22-17-40-24(33)14-21-20(6-5-19(15-34-22)28(21)40)26-27(30(42)36-29(26)41)23-16-35-25-4-2-3-10-39(23)25/h2-6,10,14,16,22,34H,7-9,11-13,15,17-18H2,1H3,(H,36,41,42). The van der Waals surface area contributed by atoms with Crippen molar-refractivity contribution in [3.8, 4) is 0 Å². The van der Waals surface area contributed by atoms with Gasteiger partial charge in [-0.2, -0.15) is 4.39 Å². The first-order chi connectivity index (χ1) is 20.8. The van der Waals surface area contributed by atoms with Gasteiger partial charge in [0.1, 0.15) is 11.7 Å². The van der Waals surface area contributed by atoms with Gasteiger partial charge in [0, 0.05) is 43.8 Å². The van der Waals surface area contributed by atoms with Gasteiger partial charge in [0.05, 0.1) is 28.6 Å². The van der Waals surface area contributed by atoms with Crippen LogP contribution in [0.2, 0.25) is 0 Å². The highest BCUT2D eigenvalue weighted by Crippen LogP contribution is 2.41. The van der Waals surface area contributed by atoms with Gasteiger partial charge in [-0.15, -0.1) is 0 Å². The summed E-state index contributed by atoms with van der Waals surface area (Å²) in [5, 5.41) is 6.35. The minimum absolute atomic E-state index is 0.00320. The van der Waals surface area contributed by atoms with Crippen molar-refractivity contribution in [3.05, 3.63) is 71.6 Å². The number of imide groups is 1. The van der Waals surface area contributed by atoms with Gasteiger partial charge in [0.15, 0.2) is 5.95 Å². The molecular formula is C32H32FN7O3. The minimum Gasteiger partial charge on any atom is -0.341 e. The molecule has 2 N–H and O–H groups in total. The summed E-state index contributed by atoms with van der Waals surface area (Å²) in [6.07, 6.45) is 6.55. The predicted molar refractivity (Wildman–Crippen MR) is 158 cm³/mol. The molecule has 1 atom stereocenters. The lowest BCUT2D eigenvalue weighted by molar-refractivity contribution is -0.133. The summed E-state index contributed by atoms with van der Waals surface area (Å²) in [6, 6.07) is 9.95. The van der Waals surface area contributed by atoms with Crippen LogP contribution in [0.3, 0.4) is 0 Å². The lowest BCUT2D eigenvalue weighted by Crippen LogP contribution is -2.48. The fourth-order valence-corrected chi connectivity index (χ4v) is 7.53. The average molecular weight is 582 g/mol. The van der Waals surface area contributed by atoms with E-state index in [1.165, 1.54) is 6.07 Å². The number of carbonyl (C=O) groups excluding carboxylic acids is 3. The summed E-state index contributed by atoms with van der Waals surface area (Å²) in [7, 11) is 2.14. The third-order valence-corrected chi connectivity index (χ3v) is 9.97. The normalized spacial score (nSPS) is 22.3. The van der Waals surface area contributed by atoms with Crippen molar-refractivity contribution in [2.75, 3.05) is 33.2 Å². The van der Waals surface area contributed by atoms with Gasteiger partial charge >= 0.3 is 0 Å². The zero-order valence-corrected chi connectivity index (χ0v) is 23.9. The first kappa shape index (κ1) is 26.3. The topological polar surface area (TPSA) is 104 Å². The second-order valence-corrected chi connectivity index (χ2v) is 12.5. The number of fused-ring (bicyclic) bond motifs is 1. The van der Waals surface area contributed by atoms with Gasteiger partial charge in [0.25, 0.3) is 11.8 Å². The van der Waals surface area contributed by atoms with E-state index in [0.717, 1.165) is 51.0 Å². The molecular weight excluding hydrogens is 549 g/mol. The SMILES string of the molecule is CN1CCC2(CC1)CCN(C(=O)C1Cn3c(F)cc4c(C5=C(c6cnc7ccccn67)C(=O)NC5=O)ccc(c43)CN1)C2. The van der Waals surface area contributed by atoms with E-state index < -0.39 is 23.8 Å². The summed E-state index contributed by atoms with van der Waals surface area (Å²) in [4.78, 5) is 48.9. The Bertz CT molecular complexity index is 1880. The maximum atomic E-state index is 15.8. The molecule has 10 nitrogen and oxygen atoms in total. The van der Waals surface area contributed by atoms with Crippen LogP contribution in [0.15, 0.2) is 48.8 Å². The molecule has 4 aromatic rings. The van der Waals surface area contributed by atoms with Crippen molar-refractivity contribution in [2.24, 2.45) is 5.41 Å². The number of benzene rings is 1. The fraction of sp³-hybridized carbons (Fsp3) is 0.375. The van der Waals surface area contributed by atoms with Crippen LogP contribution in [-0.2, 0) is 27.5 Å². The van der Waals surface area contributed by atoms with Gasteiger partial charge in [-0.25, -0.2) is 4.98 Å². The third kappa shape index (κ3) is 4.05. The Hall–Kier alpha value is -4.35. The summed E-state index contributed by atoms with van der Waals surface area (Å²) in [5.74, 6) is -1.54. The molecule has 4 aliphatic rings. The maximum Gasteiger partial charge on any atom is 0.261 e. The molecule has 2 fully saturated rings. The van der Waals surface area contributed by atoms with E-state index in [2.05, 4.69) is 27.6 Å². The Balaban J connectivity index is 1.16. The number of nitrogens with one attached hydrogen (secondary N) is 2. The van der Waals surface area contributed by atoms with Gasteiger partial charge in [0.2, 0.25) is 5.91 Å².